The molecule has 3 amide bonds. The molecule has 0 saturated carbocycles. The minimum absolute atomic E-state index is 0.0341. The van der Waals surface area contributed by atoms with Crippen LogP contribution in [0.5, 0.6) is 0 Å². The molecule has 0 fully saturated rings. The Labute approximate surface area is 224 Å². The standard InChI is InChI=1S/C29H39N3O6/c1-19(2)16-24(27(35)36)31-25(33)22(17-20-12-8-6-9-13-20)30-26(34)23(18-21-14-10-7-11-15-21)32-28(37)38-29(3,4)5/h6-15,19,22-24H,16-18H2,1-5H3,(H,30,34)(H,31,33)(H,32,37)(H,35,36). The summed E-state index contributed by atoms with van der Waals surface area (Å²) in [7, 11) is 0. The predicted molar refractivity (Wildman–Crippen MR) is 144 cm³/mol. The van der Waals surface area contributed by atoms with Crippen LogP contribution in [0.1, 0.15) is 52.2 Å². The van der Waals surface area contributed by atoms with E-state index in [0.29, 0.717) is 0 Å². The van der Waals surface area contributed by atoms with Gasteiger partial charge in [-0.05, 0) is 44.2 Å². The van der Waals surface area contributed by atoms with Crippen molar-refractivity contribution in [3.63, 3.8) is 0 Å². The first kappa shape index (κ1) is 30.3. The third kappa shape index (κ3) is 11.0. The van der Waals surface area contributed by atoms with Gasteiger partial charge in [-0.15, -0.1) is 0 Å². The Hall–Kier alpha value is -3.88. The SMILES string of the molecule is CC(C)CC(NC(=O)C(Cc1ccccc1)NC(=O)C(Cc1ccccc1)NC(=O)OC(C)(C)C)C(=O)O. The van der Waals surface area contributed by atoms with Gasteiger partial charge in [0.15, 0.2) is 0 Å². The van der Waals surface area contributed by atoms with Gasteiger partial charge in [-0.1, -0.05) is 74.5 Å². The molecule has 0 saturated heterocycles. The van der Waals surface area contributed by atoms with Crippen molar-refractivity contribution < 1.29 is 29.0 Å². The summed E-state index contributed by atoms with van der Waals surface area (Å²) in [5.41, 5.74) is 0.814. The molecule has 2 aromatic carbocycles. The highest BCUT2D eigenvalue weighted by molar-refractivity contribution is 5.93. The van der Waals surface area contributed by atoms with Crippen LogP contribution in [0.15, 0.2) is 60.7 Å². The second kappa shape index (κ2) is 14.2. The summed E-state index contributed by atoms with van der Waals surface area (Å²) in [6.07, 6.45) is -0.224. The topological polar surface area (TPSA) is 134 Å². The van der Waals surface area contributed by atoms with E-state index in [2.05, 4.69) is 16.0 Å². The van der Waals surface area contributed by atoms with Gasteiger partial charge in [0, 0.05) is 12.8 Å². The van der Waals surface area contributed by atoms with Crippen molar-refractivity contribution in [2.75, 3.05) is 0 Å². The molecule has 206 valence electrons. The molecular weight excluding hydrogens is 486 g/mol. The first-order valence-electron chi connectivity index (χ1n) is 12.7. The molecule has 0 spiro atoms. The molecule has 0 aliphatic heterocycles. The quantitative estimate of drug-likeness (QED) is 0.335. The van der Waals surface area contributed by atoms with Crippen LogP contribution in [0.2, 0.25) is 0 Å². The van der Waals surface area contributed by atoms with Crippen LogP contribution in [0.4, 0.5) is 4.79 Å². The molecule has 0 aromatic heterocycles. The van der Waals surface area contributed by atoms with Crippen LogP contribution in [0.3, 0.4) is 0 Å². The largest absolute Gasteiger partial charge is 0.480 e. The zero-order chi connectivity index (χ0) is 28.3. The Morgan fingerprint density at radius 2 is 1.16 bits per heavy atom. The van der Waals surface area contributed by atoms with E-state index in [0.717, 1.165) is 11.1 Å². The molecule has 9 nitrogen and oxygen atoms in total. The van der Waals surface area contributed by atoms with Crippen LogP contribution in [-0.4, -0.2) is 52.7 Å². The highest BCUT2D eigenvalue weighted by Crippen LogP contribution is 2.11. The molecule has 0 aliphatic carbocycles. The highest BCUT2D eigenvalue weighted by atomic mass is 16.6. The van der Waals surface area contributed by atoms with E-state index in [9.17, 15) is 24.3 Å². The van der Waals surface area contributed by atoms with Crippen molar-refractivity contribution in [3.8, 4) is 0 Å². The molecule has 0 aliphatic rings. The summed E-state index contributed by atoms with van der Waals surface area (Å²) < 4.78 is 5.35. The van der Waals surface area contributed by atoms with Crippen LogP contribution < -0.4 is 16.0 Å². The normalized spacial score (nSPS) is 13.6. The summed E-state index contributed by atoms with van der Waals surface area (Å²) in [6, 6.07) is 15.0. The number of carbonyl (C=O) groups is 4. The molecule has 38 heavy (non-hydrogen) atoms. The van der Waals surface area contributed by atoms with Gasteiger partial charge in [-0.25, -0.2) is 9.59 Å². The zero-order valence-corrected chi connectivity index (χ0v) is 22.7. The number of carboxylic acid groups (broad SMARTS) is 1. The van der Waals surface area contributed by atoms with E-state index in [-0.39, 0.29) is 25.2 Å². The number of aliphatic carboxylic acids is 1. The maximum absolute atomic E-state index is 13.5. The van der Waals surface area contributed by atoms with Crippen molar-refractivity contribution in [1.82, 2.24) is 16.0 Å². The lowest BCUT2D eigenvalue weighted by Gasteiger charge is -2.26. The van der Waals surface area contributed by atoms with E-state index in [1.165, 1.54) is 0 Å². The third-order valence-electron chi connectivity index (χ3n) is 5.53. The minimum Gasteiger partial charge on any atom is -0.480 e. The van der Waals surface area contributed by atoms with E-state index in [4.69, 9.17) is 4.74 Å². The van der Waals surface area contributed by atoms with Gasteiger partial charge in [-0.3, -0.25) is 9.59 Å². The smallest absolute Gasteiger partial charge is 0.408 e. The summed E-state index contributed by atoms with van der Waals surface area (Å²) >= 11 is 0. The molecule has 0 heterocycles. The summed E-state index contributed by atoms with van der Waals surface area (Å²) in [4.78, 5) is 51.0. The fourth-order valence-electron chi connectivity index (χ4n) is 3.81. The van der Waals surface area contributed by atoms with Crippen LogP contribution >= 0.6 is 0 Å². The average Bonchev–Trinajstić information content (AvgIpc) is 2.82. The van der Waals surface area contributed by atoms with Gasteiger partial charge >= 0.3 is 12.1 Å². The Morgan fingerprint density at radius 3 is 1.55 bits per heavy atom. The maximum Gasteiger partial charge on any atom is 0.408 e. The van der Waals surface area contributed by atoms with Gasteiger partial charge in [0.1, 0.15) is 23.7 Å². The summed E-state index contributed by atoms with van der Waals surface area (Å²) in [6.45, 7) is 8.88. The Kier molecular flexibility index (Phi) is 11.3. The van der Waals surface area contributed by atoms with Crippen molar-refractivity contribution in [3.05, 3.63) is 71.8 Å². The van der Waals surface area contributed by atoms with E-state index < -0.39 is 47.6 Å². The van der Waals surface area contributed by atoms with Crippen molar-refractivity contribution in [1.29, 1.82) is 0 Å². The highest BCUT2D eigenvalue weighted by Gasteiger charge is 2.31. The van der Waals surface area contributed by atoms with Gasteiger partial charge < -0.3 is 25.8 Å². The average molecular weight is 526 g/mol. The molecular formula is C29H39N3O6. The Morgan fingerprint density at radius 1 is 0.737 bits per heavy atom. The van der Waals surface area contributed by atoms with Crippen molar-refractivity contribution in [2.45, 2.75) is 77.6 Å². The fraction of sp³-hybridized carbons (Fsp3) is 0.448. The molecule has 3 atom stereocenters. The maximum atomic E-state index is 13.5. The second-order valence-corrected chi connectivity index (χ2v) is 10.7. The minimum atomic E-state index is -1.15. The van der Waals surface area contributed by atoms with E-state index in [1.54, 1.807) is 20.8 Å². The van der Waals surface area contributed by atoms with E-state index >= 15 is 0 Å². The first-order chi connectivity index (χ1) is 17.8. The van der Waals surface area contributed by atoms with Gasteiger partial charge in [0.2, 0.25) is 11.8 Å². The monoisotopic (exact) mass is 525 g/mol. The fourth-order valence-corrected chi connectivity index (χ4v) is 3.81. The number of rotatable bonds is 12. The number of ether oxygens (including phenoxy) is 1. The van der Waals surface area contributed by atoms with E-state index in [1.807, 2.05) is 74.5 Å². The van der Waals surface area contributed by atoms with Gasteiger partial charge in [-0.2, -0.15) is 0 Å². The number of alkyl carbamates (subject to hydrolysis) is 1. The zero-order valence-electron chi connectivity index (χ0n) is 22.7. The lowest BCUT2D eigenvalue weighted by atomic mass is 10.0. The number of amides is 3. The number of hydrogen-bond donors (Lipinski definition) is 4. The summed E-state index contributed by atoms with van der Waals surface area (Å²) in [5.74, 6) is -2.32. The predicted octanol–water partition coefficient (Wildman–Crippen LogP) is 3.47. The number of carboxylic acids is 1. The molecule has 0 radical (unpaired) electrons. The molecule has 3 unspecified atom stereocenters. The number of hydrogen-bond acceptors (Lipinski definition) is 5. The number of benzene rings is 2. The Bertz CT molecular complexity index is 1070. The summed E-state index contributed by atoms with van der Waals surface area (Å²) in [5, 5.41) is 17.5. The van der Waals surface area contributed by atoms with Crippen molar-refractivity contribution >= 4 is 23.9 Å². The molecule has 2 aromatic rings. The first-order valence-corrected chi connectivity index (χ1v) is 12.7. The van der Waals surface area contributed by atoms with Crippen LogP contribution in [-0.2, 0) is 32.0 Å². The molecule has 2 rings (SSSR count). The Balaban J connectivity index is 2.29. The van der Waals surface area contributed by atoms with Gasteiger partial charge in [0.05, 0.1) is 0 Å². The van der Waals surface area contributed by atoms with Crippen LogP contribution in [0, 0.1) is 5.92 Å². The number of nitrogens with one attached hydrogen (secondary N) is 3. The van der Waals surface area contributed by atoms with Crippen LogP contribution in [0.25, 0.3) is 0 Å². The molecule has 4 N–H and O–H groups in total. The lowest BCUT2D eigenvalue weighted by molar-refractivity contribution is -0.142. The number of carbonyl (C=O) groups excluding carboxylic acids is 3. The molecule has 0 bridgehead atoms. The second-order valence-electron chi connectivity index (χ2n) is 10.7. The van der Waals surface area contributed by atoms with Gasteiger partial charge in [0.25, 0.3) is 0 Å². The molecule has 9 heteroatoms. The van der Waals surface area contributed by atoms with Crippen molar-refractivity contribution in [2.24, 2.45) is 5.92 Å². The lowest BCUT2D eigenvalue weighted by Crippen LogP contribution is -2.57. The third-order valence-corrected chi connectivity index (χ3v) is 5.53.